The van der Waals surface area contributed by atoms with Crippen LogP contribution in [0.15, 0.2) is 16.8 Å². The molecule has 0 spiro atoms. The van der Waals surface area contributed by atoms with Crippen LogP contribution in [0.1, 0.15) is 12.0 Å². The molecular formula is C12H13F2NO3S. The van der Waals surface area contributed by atoms with E-state index in [1.165, 1.54) is 11.3 Å². The van der Waals surface area contributed by atoms with Crippen molar-refractivity contribution in [2.45, 2.75) is 18.8 Å². The summed E-state index contributed by atoms with van der Waals surface area (Å²) in [6, 6.07) is 1.77. The van der Waals surface area contributed by atoms with Crippen molar-refractivity contribution in [1.29, 1.82) is 0 Å². The third-order valence-corrected chi connectivity index (χ3v) is 3.92. The zero-order valence-electron chi connectivity index (χ0n) is 10.0. The minimum absolute atomic E-state index is 0.0650. The molecule has 0 bridgehead atoms. The Bertz CT molecular complexity index is 475. The highest BCUT2D eigenvalue weighted by Crippen LogP contribution is 2.33. The van der Waals surface area contributed by atoms with Crippen LogP contribution in [0.2, 0.25) is 0 Å². The van der Waals surface area contributed by atoms with Gasteiger partial charge in [-0.25, -0.2) is 8.78 Å². The molecule has 1 aliphatic rings. The average Bonchev–Trinajstić information content (AvgIpc) is 2.79. The molecule has 1 aromatic rings. The highest BCUT2D eigenvalue weighted by molar-refractivity contribution is 7.07. The van der Waals surface area contributed by atoms with Crippen LogP contribution in [0, 0.1) is 5.92 Å². The quantitative estimate of drug-likeness (QED) is 0.924. The monoisotopic (exact) mass is 289 g/mol. The molecule has 4 nitrogen and oxygen atoms in total. The van der Waals surface area contributed by atoms with E-state index in [2.05, 4.69) is 0 Å². The fourth-order valence-electron chi connectivity index (χ4n) is 2.14. The Hall–Kier alpha value is -1.50. The van der Waals surface area contributed by atoms with Crippen molar-refractivity contribution >= 4 is 23.2 Å². The molecule has 1 saturated heterocycles. The van der Waals surface area contributed by atoms with Gasteiger partial charge in [0.25, 0.3) is 5.92 Å². The fraction of sp³-hybridized carbons (Fsp3) is 0.500. The molecule has 104 valence electrons. The first kappa shape index (κ1) is 13.9. The predicted molar refractivity (Wildman–Crippen MR) is 65.3 cm³/mol. The molecule has 2 rings (SSSR count). The lowest BCUT2D eigenvalue weighted by Gasteiger charge is -2.36. The number of carbonyl (C=O) groups excluding carboxylic acids is 1. The summed E-state index contributed by atoms with van der Waals surface area (Å²) in [5, 5.41) is 12.3. The molecule has 0 aliphatic carbocycles. The third-order valence-electron chi connectivity index (χ3n) is 3.19. The van der Waals surface area contributed by atoms with E-state index in [4.69, 9.17) is 5.11 Å². The van der Waals surface area contributed by atoms with Gasteiger partial charge in [0.15, 0.2) is 0 Å². The van der Waals surface area contributed by atoms with Crippen LogP contribution in [0.3, 0.4) is 0 Å². The summed E-state index contributed by atoms with van der Waals surface area (Å²) in [5.41, 5.74) is 0.790. The number of aliphatic carboxylic acids is 1. The van der Waals surface area contributed by atoms with E-state index in [-0.39, 0.29) is 25.3 Å². The Morgan fingerprint density at radius 2 is 2.26 bits per heavy atom. The number of hydrogen-bond acceptors (Lipinski definition) is 3. The second-order valence-electron chi connectivity index (χ2n) is 4.56. The Morgan fingerprint density at radius 3 is 2.79 bits per heavy atom. The number of carboxylic acids is 1. The van der Waals surface area contributed by atoms with E-state index in [9.17, 15) is 18.4 Å². The van der Waals surface area contributed by atoms with Gasteiger partial charge in [0.2, 0.25) is 5.91 Å². The fourth-order valence-corrected chi connectivity index (χ4v) is 2.81. The lowest BCUT2D eigenvalue weighted by atomic mass is 9.92. The second kappa shape index (κ2) is 5.24. The van der Waals surface area contributed by atoms with Gasteiger partial charge in [0.05, 0.1) is 13.0 Å². The smallest absolute Gasteiger partial charge is 0.312 e. The van der Waals surface area contributed by atoms with Crippen molar-refractivity contribution in [2.75, 3.05) is 13.1 Å². The first-order valence-electron chi connectivity index (χ1n) is 5.79. The van der Waals surface area contributed by atoms with Gasteiger partial charge in [-0.1, -0.05) is 0 Å². The van der Waals surface area contributed by atoms with Crippen LogP contribution in [0.25, 0.3) is 0 Å². The molecule has 0 radical (unpaired) electrons. The van der Waals surface area contributed by atoms with Gasteiger partial charge in [-0.05, 0) is 28.8 Å². The molecule has 0 saturated carbocycles. The highest BCUT2D eigenvalue weighted by atomic mass is 32.1. The molecular weight excluding hydrogens is 276 g/mol. The largest absolute Gasteiger partial charge is 0.481 e. The number of halogens is 2. The number of amides is 1. The Labute approximate surface area is 112 Å². The zero-order valence-corrected chi connectivity index (χ0v) is 10.8. The van der Waals surface area contributed by atoms with Crippen LogP contribution in [0.5, 0.6) is 0 Å². The molecule has 1 fully saturated rings. The van der Waals surface area contributed by atoms with Crippen molar-refractivity contribution < 1.29 is 23.5 Å². The standard InChI is InChI=1S/C12H13F2NO3S/c13-12(14)7-15(3-1-9(12)11(17)18)10(16)5-8-2-4-19-6-8/h2,4,6,9H,1,3,5,7H2,(H,17,18). The van der Waals surface area contributed by atoms with Crippen LogP contribution >= 0.6 is 11.3 Å². The van der Waals surface area contributed by atoms with E-state index in [1.54, 1.807) is 11.4 Å². The highest BCUT2D eigenvalue weighted by Gasteiger charge is 2.49. The number of carbonyl (C=O) groups is 2. The van der Waals surface area contributed by atoms with E-state index in [1.807, 2.05) is 5.38 Å². The van der Waals surface area contributed by atoms with Crippen LogP contribution in [0.4, 0.5) is 8.78 Å². The molecule has 19 heavy (non-hydrogen) atoms. The van der Waals surface area contributed by atoms with E-state index in [0.717, 1.165) is 10.5 Å². The van der Waals surface area contributed by atoms with E-state index in [0.29, 0.717) is 0 Å². The lowest BCUT2D eigenvalue weighted by Crippen LogP contribution is -2.53. The van der Waals surface area contributed by atoms with Gasteiger partial charge in [-0.3, -0.25) is 9.59 Å². The predicted octanol–water partition coefficient (Wildman–Crippen LogP) is 1.86. The summed E-state index contributed by atoms with van der Waals surface area (Å²) in [4.78, 5) is 23.7. The molecule has 1 amide bonds. The Kier molecular flexibility index (Phi) is 3.84. The van der Waals surface area contributed by atoms with Crippen molar-refractivity contribution in [3.05, 3.63) is 22.4 Å². The zero-order chi connectivity index (χ0) is 14.0. The summed E-state index contributed by atoms with van der Waals surface area (Å²) >= 11 is 1.44. The van der Waals surface area contributed by atoms with Crippen LogP contribution in [-0.2, 0) is 16.0 Å². The van der Waals surface area contributed by atoms with Crippen LogP contribution < -0.4 is 0 Å². The van der Waals surface area contributed by atoms with E-state index < -0.39 is 24.4 Å². The SMILES string of the molecule is O=C(O)C1CCN(C(=O)Cc2ccsc2)CC1(F)F. The number of thiophene rings is 1. The third kappa shape index (κ3) is 3.09. The van der Waals surface area contributed by atoms with Gasteiger partial charge in [0.1, 0.15) is 5.92 Å². The summed E-state index contributed by atoms with van der Waals surface area (Å²) in [7, 11) is 0. The van der Waals surface area contributed by atoms with E-state index >= 15 is 0 Å². The number of alkyl halides is 2. The molecule has 1 aliphatic heterocycles. The van der Waals surface area contributed by atoms with Crippen molar-refractivity contribution in [1.82, 2.24) is 4.90 Å². The number of nitrogens with zero attached hydrogens (tertiary/aromatic N) is 1. The number of hydrogen-bond donors (Lipinski definition) is 1. The second-order valence-corrected chi connectivity index (χ2v) is 5.34. The van der Waals surface area contributed by atoms with Gasteiger partial charge in [-0.15, -0.1) is 0 Å². The molecule has 1 N–H and O–H groups in total. The Morgan fingerprint density at radius 1 is 1.53 bits per heavy atom. The maximum absolute atomic E-state index is 13.6. The average molecular weight is 289 g/mol. The Balaban J connectivity index is 2.00. The van der Waals surface area contributed by atoms with Gasteiger partial charge >= 0.3 is 5.97 Å². The first-order valence-corrected chi connectivity index (χ1v) is 6.74. The number of rotatable bonds is 3. The van der Waals surface area contributed by atoms with Gasteiger partial charge < -0.3 is 10.0 Å². The molecule has 7 heteroatoms. The maximum atomic E-state index is 13.6. The maximum Gasteiger partial charge on any atom is 0.312 e. The number of carboxylic acid groups (broad SMARTS) is 1. The summed E-state index contributed by atoms with van der Waals surface area (Å²) in [5.74, 6) is -6.96. The van der Waals surface area contributed by atoms with Gasteiger partial charge in [-0.2, -0.15) is 11.3 Å². The molecule has 1 unspecified atom stereocenters. The minimum atomic E-state index is -3.37. The number of piperidine rings is 1. The van der Waals surface area contributed by atoms with Crippen molar-refractivity contribution in [3.8, 4) is 0 Å². The lowest BCUT2D eigenvalue weighted by molar-refractivity contribution is -0.171. The molecule has 0 aromatic carbocycles. The van der Waals surface area contributed by atoms with Crippen molar-refractivity contribution in [3.63, 3.8) is 0 Å². The molecule has 1 aromatic heterocycles. The molecule has 1 atom stereocenters. The molecule has 2 heterocycles. The van der Waals surface area contributed by atoms with Gasteiger partial charge in [0, 0.05) is 6.54 Å². The summed E-state index contributed by atoms with van der Waals surface area (Å²) in [6.45, 7) is -0.748. The van der Waals surface area contributed by atoms with Crippen molar-refractivity contribution in [2.24, 2.45) is 5.92 Å². The number of likely N-dealkylation sites (tertiary alicyclic amines) is 1. The van der Waals surface area contributed by atoms with Crippen LogP contribution in [-0.4, -0.2) is 40.9 Å². The summed E-state index contributed by atoms with van der Waals surface area (Å²) in [6.07, 6.45) is -0.130. The first-order chi connectivity index (χ1) is 8.90. The topological polar surface area (TPSA) is 57.6 Å². The normalized spacial score (nSPS) is 22.2. The summed E-state index contributed by atoms with van der Waals surface area (Å²) < 4.78 is 27.3. The minimum Gasteiger partial charge on any atom is -0.481 e.